The number of amides is 1. The number of fused-ring (bicyclic) bond motifs is 3. The molecule has 2 bridgehead atoms. The van der Waals surface area contributed by atoms with Crippen LogP contribution >= 0.6 is 11.3 Å². The number of carbonyl (C=O) groups excluding carboxylic acids is 1. The Balaban J connectivity index is 1.49. The summed E-state index contributed by atoms with van der Waals surface area (Å²) in [4.78, 5) is 17.0. The third kappa shape index (κ3) is 2.64. The highest BCUT2D eigenvalue weighted by Crippen LogP contribution is 2.32. The maximum atomic E-state index is 13.1. The van der Waals surface area contributed by atoms with Crippen LogP contribution in [0.3, 0.4) is 0 Å². The van der Waals surface area contributed by atoms with Crippen molar-refractivity contribution in [2.75, 3.05) is 13.1 Å². The minimum absolute atomic E-state index is 0.166. The number of aryl methyl sites for hydroxylation is 1. The standard InChI is InChI=1S/C20H22N4OS/c1-13-17-11-18(19(25)23-10-9-14-7-8-15(12-23)21-14)26-20(17)24(22-13)16-5-3-2-4-6-16/h2-6,11,14-15,21H,7-10,12H2,1H3. The summed E-state index contributed by atoms with van der Waals surface area (Å²) in [5, 5.41) is 9.40. The van der Waals surface area contributed by atoms with Crippen LogP contribution in [0.1, 0.15) is 34.6 Å². The van der Waals surface area contributed by atoms with Gasteiger partial charge in [-0.2, -0.15) is 5.10 Å². The van der Waals surface area contributed by atoms with Gasteiger partial charge in [0.05, 0.1) is 16.3 Å². The second-order valence-corrected chi connectivity index (χ2v) is 8.37. The van der Waals surface area contributed by atoms with E-state index < -0.39 is 0 Å². The predicted octanol–water partition coefficient (Wildman–Crippen LogP) is 3.36. The molecule has 3 aromatic rings. The fourth-order valence-electron chi connectivity index (χ4n) is 4.18. The zero-order chi connectivity index (χ0) is 17.7. The second kappa shape index (κ2) is 6.21. The van der Waals surface area contributed by atoms with E-state index in [4.69, 9.17) is 0 Å². The van der Waals surface area contributed by atoms with Gasteiger partial charge >= 0.3 is 0 Å². The van der Waals surface area contributed by atoms with Crippen LogP contribution in [-0.2, 0) is 0 Å². The molecule has 2 aliphatic heterocycles. The first-order valence-corrected chi connectivity index (χ1v) is 10.1. The van der Waals surface area contributed by atoms with Crippen LogP contribution in [0, 0.1) is 6.92 Å². The number of rotatable bonds is 2. The molecule has 2 fully saturated rings. The molecule has 2 aromatic heterocycles. The summed E-state index contributed by atoms with van der Waals surface area (Å²) in [5.41, 5.74) is 2.00. The third-order valence-electron chi connectivity index (χ3n) is 5.57. The molecule has 5 nitrogen and oxygen atoms in total. The molecular weight excluding hydrogens is 344 g/mol. The Morgan fingerprint density at radius 3 is 2.85 bits per heavy atom. The molecule has 1 amide bonds. The number of nitrogens with zero attached hydrogens (tertiary/aromatic N) is 3. The first-order chi connectivity index (χ1) is 12.7. The highest BCUT2D eigenvalue weighted by molar-refractivity contribution is 7.20. The minimum Gasteiger partial charge on any atom is -0.336 e. The second-order valence-electron chi connectivity index (χ2n) is 7.34. The monoisotopic (exact) mass is 366 g/mol. The van der Waals surface area contributed by atoms with E-state index >= 15 is 0 Å². The largest absolute Gasteiger partial charge is 0.336 e. The number of hydrogen-bond donors (Lipinski definition) is 1. The SMILES string of the molecule is Cc1nn(-c2ccccc2)c2sc(C(=O)N3CCC4CCC(C3)N4)cc12. The van der Waals surface area contributed by atoms with E-state index in [2.05, 4.69) is 10.4 Å². The highest BCUT2D eigenvalue weighted by atomic mass is 32.1. The molecule has 2 unspecified atom stereocenters. The Hall–Kier alpha value is -2.18. The predicted molar refractivity (Wildman–Crippen MR) is 104 cm³/mol. The molecule has 1 N–H and O–H groups in total. The van der Waals surface area contributed by atoms with E-state index in [-0.39, 0.29) is 5.91 Å². The lowest BCUT2D eigenvalue weighted by molar-refractivity contribution is 0.0753. The summed E-state index contributed by atoms with van der Waals surface area (Å²) in [6.07, 6.45) is 3.49. The molecule has 2 atom stereocenters. The number of aromatic nitrogens is 2. The summed E-state index contributed by atoms with van der Waals surface area (Å²) in [6.45, 7) is 3.69. The van der Waals surface area contributed by atoms with Gasteiger partial charge in [0, 0.05) is 30.6 Å². The quantitative estimate of drug-likeness (QED) is 0.757. The molecule has 26 heavy (non-hydrogen) atoms. The Bertz CT molecular complexity index is 961. The van der Waals surface area contributed by atoms with E-state index in [9.17, 15) is 4.79 Å². The average Bonchev–Trinajstić information content (AvgIpc) is 3.30. The van der Waals surface area contributed by atoms with E-state index in [1.54, 1.807) is 11.3 Å². The maximum absolute atomic E-state index is 13.1. The van der Waals surface area contributed by atoms with Gasteiger partial charge in [-0.15, -0.1) is 11.3 Å². The first-order valence-electron chi connectivity index (χ1n) is 9.29. The van der Waals surface area contributed by atoms with Crippen molar-refractivity contribution in [2.24, 2.45) is 0 Å². The van der Waals surface area contributed by atoms with Crippen molar-refractivity contribution < 1.29 is 4.79 Å². The van der Waals surface area contributed by atoms with Crippen molar-refractivity contribution in [3.8, 4) is 5.69 Å². The van der Waals surface area contributed by atoms with Crippen molar-refractivity contribution >= 4 is 27.5 Å². The van der Waals surface area contributed by atoms with Crippen LogP contribution in [0.25, 0.3) is 15.9 Å². The topological polar surface area (TPSA) is 50.2 Å². The first kappa shape index (κ1) is 16.0. The molecular formula is C20H22N4OS. The van der Waals surface area contributed by atoms with Gasteiger partial charge in [0.25, 0.3) is 5.91 Å². The van der Waals surface area contributed by atoms with Gasteiger partial charge in [0.15, 0.2) is 0 Å². The summed E-state index contributed by atoms with van der Waals surface area (Å²) in [6, 6.07) is 13.2. The zero-order valence-electron chi connectivity index (χ0n) is 14.8. The number of thiophene rings is 1. The molecule has 5 rings (SSSR count). The van der Waals surface area contributed by atoms with Gasteiger partial charge in [-0.1, -0.05) is 18.2 Å². The molecule has 0 spiro atoms. The molecule has 1 aromatic carbocycles. The molecule has 0 radical (unpaired) electrons. The maximum Gasteiger partial charge on any atom is 0.264 e. The van der Waals surface area contributed by atoms with Crippen molar-refractivity contribution in [1.82, 2.24) is 20.0 Å². The molecule has 2 saturated heterocycles. The molecule has 0 aliphatic carbocycles. The lowest BCUT2D eigenvalue weighted by Gasteiger charge is -2.23. The number of carbonyl (C=O) groups is 1. The number of benzene rings is 1. The van der Waals surface area contributed by atoms with Crippen LogP contribution < -0.4 is 5.32 Å². The van der Waals surface area contributed by atoms with Gasteiger partial charge < -0.3 is 10.2 Å². The van der Waals surface area contributed by atoms with E-state index in [0.29, 0.717) is 12.1 Å². The van der Waals surface area contributed by atoms with Crippen LogP contribution in [0.5, 0.6) is 0 Å². The smallest absolute Gasteiger partial charge is 0.264 e. The van der Waals surface area contributed by atoms with Gasteiger partial charge in [-0.25, -0.2) is 4.68 Å². The molecule has 6 heteroatoms. The van der Waals surface area contributed by atoms with E-state index in [1.165, 1.54) is 12.8 Å². The van der Waals surface area contributed by atoms with Crippen LogP contribution in [0.15, 0.2) is 36.4 Å². The Labute approximate surface area is 156 Å². The van der Waals surface area contributed by atoms with Gasteiger partial charge in [-0.05, 0) is 44.4 Å². The molecule has 4 heterocycles. The molecule has 0 saturated carbocycles. The molecule has 2 aliphatic rings. The summed E-state index contributed by atoms with van der Waals surface area (Å²) >= 11 is 1.56. The lowest BCUT2D eigenvalue weighted by atomic mass is 10.1. The fraction of sp³-hybridized carbons (Fsp3) is 0.400. The van der Waals surface area contributed by atoms with Crippen molar-refractivity contribution in [3.05, 3.63) is 47.0 Å². The number of nitrogens with one attached hydrogen (secondary N) is 1. The highest BCUT2D eigenvalue weighted by Gasteiger charge is 2.32. The number of likely N-dealkylation sites (tertiary alicyclic amines) is 1. The molecule has 134 valence electrons. The number of para-hydroxylation sites is 1. The van der Waals surface area contributed by atoms with Gasteiger partial charge in [-0.3, -0.25) is 4.79 Å². The van der Waals surface area contributed by atoms with Crippen molar-refractivity contribution in [3.63, 3.8) is 0 Å². The minimum atomic E-state index is 0.166. The Morgan fingerprint density at radius 2 is 2.00 bits per heavy atom. The van der Waals surface area contributed by atoms with Crippen LogP contribution in [0.4, 0.5) is 0 Å². The van der Waals surface area contributed by atoms with Crippen LogP contribution in [-0.4, -0.2) is 45.8 Å². The van der Waals surface area contributed by atoms with Crippen molar-refractivity contribution in [2.45, 2.75) is 38.3 Å². The van der Waals surface area contributed by atoms with E-state index in [1.807, 2.05) is 52.9 Å². The summed E-state index contributed by atoms with van der Waals surface area (Å²) in [5.74, 6) is 0.166. The van der Waals surface area contributed by atoms with Gasteiger partial charge in [0.2, 0.25) is 0 Å². The van der Waals surface area contributed by atoms with Crippen molar-refractivity contribution in [1.29, 1.82) is 0 Å². The van der Waals surface area contributed by atoms with E-state index in [0.717, 1.165) is 46.0 Å². The third-order valence-corrected chi connectivity index (χ3v) is 6.67. The Kier molecular flexibility index (Phi) is 3.83. The fourth-order valence-corrected chi connectivity index (χ4v) is 5.33. The lowest BCUT2D eigenvalue weighted by Crippen LogP contribution is -2.38. The summed E-state index contributed by atoms with van der Waals surface area (Å²) < 4.78 is 1.96. The van der Waals surface area contributed by atoms with Gasteiger partial charge in [0.1, 0.15) is 4.83 Å². The number of hydrogen-bond acceptors (Lipinski definition) is 4. The summed E-state index contributed by atoms with van der Waals surface area (Å²) in [7, 11) is 0. The Morgan fingerprint density at radius 1 is 1.19 bits per heavy atom. The van der Waals surface area contributed by atoms with Crippen LogP contribution in [0.2, 0.25) is 0 Å². The average molecular weight is 366 g/mol. The normalized spacial score (nSPS) is 22.7. The zero-order valence-corrected chi connectivity index (χ0v) is 15.6.